The molecule has 1 N–H and O–H groups in total. The normalized spacial score (nSPS) is 19.1. The summed E-state index contributed by atoms with van der Waals surface area (Å²) in [6.07, 6.45) is 4.73. The fraction of sp³-hybridized carbons (Fsp3) is 0.591. The fourth-order valence-corrected chi connectivity index (χ4v) is 4.16. The average Bonchev–Trinajstić information content (AvgIpc) is 3.56. The molecule has 1 atom stereocenters. The van der Waals surface area contributed by atoms with E-state index in [9.17, 15) is 9.59 Å². The van der Waals surface area contributed by atoms with Gasteiger partial charge in [-0.15, -0.1) is 0 Å². The number of nitrogens with one attached hydrogen (secondary N) is 1. The van der Waals surface area contributed by atoms with Gasteiger partial charge in [-0.1, -0.05) is 30.3 Å². The van der Waals surface area contributed by atoms with E-state index in [1.54, 1.807) is 7.11 Å². The van der Waals surface area contributed by atoms with Crippen LogP contribution in [0.5, 0.6) is 0 Å². The van der Waals surface area contributed by atoms with Gasteiger partial charge in [0.2, 0.25) is 0 Å². The Kier molecular flexibility index (Phi) is 6.52. The van der Waals surface area contributed by atoms with E-state index in [4.69, 9.17) is 4.74 Å². The number of methoxy groups -OCH3 is 1. The Morgan fingerprint density at radius 1 is 1.23 bits per heavy atom. The zero-order valence-corrected chi connectivity index (χ0v) is 17.6. The predicted molar refractivity (Wildman–Crippen MR) is 114 cm³/mol. The molecular weight excluding hydrogens is 382 g/mol. The van der Waals surface area contributed by atoms with Crippen LogP contribution in [0.3, 0.4) is 0 Å². The number of rotatable bonds is 8. The number of benzene rings is 1. The summed E-state index contributed by atoms with van der Waals surface area (Å²) in [5, 5.41) is 7.70. The summed E-state index contributed by atoms with van der Waals surface area (Å²) in [6.45, 7) is 2.87. The van der Waals surface area contributed by atoms with Gasteiger partial charge in [-0.2, -0.15) is 5.10 Å². The summed E-state index contributed by atoms with van der Waals surface area (Å²) in [4.78, 5) is 27.4. The molecule has 1 aromatic carbocycles. The van der Waals surface area contributed by atoms with Crippen molar-refractivity contribution in [2.75, 3.05) is 33.4 Å². The molecule has 2 heterocycles. The number of aromatic nitrogens is 3. The van der Waals surface area contributed by atoms with Gasteiger partial charge in [-0.3, -0.25) is 4.57 Å². The van der Waals surface area contributed by atoms with Crippen LogP contribution in [0.1, 0.15) is 49.0 Å². The van der Waals surface area contributed by atoms with Crippen LogP contribution >= 0.6 is 0 Å². The number of ether oxygens (including phenoxy) is 1. The van der Waals surface area contributed by atoms with Crippen molar-refractivity contribution in [3.8, 4) is 0 Å². The largest absolute Gasteiger partial charge is 0.383 e. The maximum atomic E-state index is 12.8. The summed E-state index contributed by atoms with van der Waals surface area (Å²) in [7, 11) is 1.62. The molecule has 2 aliphatic rings. The van der Waals surface area contributed by atoms with E-state index in [0.29, 0.717) is 26.2 Å². The highest BCUT2D eigenvalue weighted by Gasteiger charge is 2.35. The van der Waals surface area contributed by atoms with E-state index in [1.165, 1.54) is 10.2 Å². The number of amides is 2. The third-order valence-electron chi connectivity index (χ3n) is 5.92. The van der Waals surface area contributed by atoms with Crippen molar-refractivity contribution in [3.05, 3.63) is 52.2 Å². The SMILES string of the molecule is COCCn1nc(C2CCCN(C(=O)NCCc3ccccc3)C2)n(C2CC2)c1=O. The molecule has 1 aliphatic heterocycles. The second kappa shape index (κ2) is 9.47. The first kappa shape index (κ1) is 20.7. The first-order valence-corrected chi connectivity index (χ1v) is 10.9. The van der Waals surface area contributed by atoms with Gasteiger partial charge in [0.15, 0.2) is 0 Å². The van der Waals surface area contributed by atoms with E-state index in [0.717, 1.165) is 44.5 Å². The zero-order chi connectivity index (χ0) is 20.9. The van der Waals surface area contributed by atoms with Crippen molar-refractivity contribution < 1.29 is 9.53 Å². The minimum absolute atomic E-state index is 0.0326. The van der Waals surface area contributed by atoms with Gasteiger partial charge in [0, 0.05) is 38.7 Å². The number of urea groups is 1. The van der Waals surface area contributed by atoms with Crippen molar-refractivity contribution in [2.45, 2.75) is 50.6 Å². The molecule has 0 spiro atoms. The third kappa shape index (κ3) is 4.75. The van der Waals surface area contributed by atoms with E-state index in [-0.39, 0.29) is 23.7 Å². The maximum absolute atomic E-state index is 12.8. The molecule has 0 radical (unpaired) electrons. The summed E-state index contributed by atoms with van der Waals surface area (Å²) in [6, 6.07) is 10.4. The van der Waals surface area contributed by atoms with Gasteiger partial charge in [-0.05, 0) is 37.7 Å². The minimum atomic E-state index is -0.0472. The van der Waals surface area contributed by atoms with Crippen LogP contribution in [0.25, 0.3) is 0 Å². The Labute approximate surface area is 176 Å². The Balaban J connectivity index is 1.40. The first-order chi connectivity index (χ1) is 14.7. The lowest BCUT2D eigenvalue weighted by molar-refractivity contribution is 0.176. The van der Waals surface area contributed by atoms with Crippen LogP contribution in [0.4, 0.5) is 4.79 Å². The molecule has 1 aromatic heterocycles. The summed E-state index contributed by atoms with van der Waals surface area (Å²) in [5.41, 5.74) is 1.17. The monoisotopic (exact) mass is 413 g/mol. The van der Waals surface area contributed by atoms with E-state index >= 15 is 0 Å². The Morgan fingerprint density at radius 3 is 2.77 bits per heavy atom. The predicted octanol–water partition coefficient (Wildman–Crippen LogP) is 2.16. The van der Waals surface area contributed by atoms with Crippen LogP contribution < -0.4 is 11.0 Å². The summed E-state index contributed by atoms with van der Waals surface area (Å²) < 4.78 is 8.52. The van der Waals surface area contributed by atoms with Crippen LogP contribution in [0, 0.1) is 0 Å². The molecule has 1 saturated heterocycles. The molecule has 8 heteroatoms. The number of hydrogen-bond acceptors (Lipinski definition) is 4. The molecule has 1 unspecified atom stereocenters. The lowest BCUT2D eigenvalue weighted by atomic mass is 9.97. The molecule has 4 rings (SSSR count). The van der Waals surface area contributed by atoms with Gasteiger partial charge in [0.25, 0.3) is 0 Å². The topological polar surface area (TPSA) is 81.4 Å². The number of carbonyl (C=O) groups excluding carboxylic acids is 1. The summed E-state index contributed by atoms with van der Waals surface area (Å²) in [5.74, 6) is 0.927. The molecule has 1 aliphatic carbocycles. The summed E-state index contributed by atoms with van der Waals surface area (Å²) >= 11 is 0. The van der Waals surface area contributed by atoms with E-state index < -0.39 is 0 Å². The molecule has 0 bridgehead atoms. The molecule has 2 aromatic rings. The first-order valence-electron chi connectivity index (χ1n) is 10.9. The number of piperidine rings is 1. The van der Waals surface area contributed by atoms with Crippen molar-refractivity contribution in [2.24, 2.45) is 0 Å². The third-order valence-corrected chi connectivity index (χ3v) is 5.92. The number of likely N-dealkylation sites (tertiary alicyclic amines) is 1. The highest BCUT2D eigenvalue weighted by atomic mass is 16.5. The maximum Gasteiger partial charge on any atom is 0.346 e. The van der Waals surface area contributed by atoms with Gasteiger partial charge in [-0.25, -0.2) is 14.3 Å². The van der Waals surface area contributed by atoms with Gasteiger partial charge in [0.1, 0.15) is 5.82 Å². The van der Waals surface area contributed by atoms with Gasteiger partial charge in [0.05, 0.1) is 13.2 Å². The Hall–Kier alpha value is -2.61. The standard InChI is InChI=1S/C22H31N5O3/c1-30-15-14-26-22(29)27(19-9-10-19)20(24-26)18-8-5-13-25(16-18)21(28)23-12-11-17-6-3-2-4-7-17/h2-4,6-7,18-19H,5,8-16H2,1H3,(H,23,28). The van der Waals surface area contributed by atoms with E-state index in [1.807, 2.05) is 27.7 Å². The van der Waals surface area contributed by atoms with Crippen molar-refractivity contribution in [1.82, 2.24) is 24.6 Å². The number of nitrogens with zero attached hydrogens (tertiary/aromatic N) is 4. The molecule has 8 nitrogen and oxygen atoms in total. The van der Waals surface area contributed by atoms with Gasteiger partial charge >= 0.3 is 11.7 Å². The fourth-order valence-electron chi connectivity index (χ4n) is 4.16. The van der Waals surface area contributed by atoms with Crippen molar-refractivity contribution in [1.29, 1.82) is 0 Å². The molecule has 162 valence electrons. The lowest BCUT2D eigenvalue weighted by Gasteiger charge is -2.32. The Morgan fingerprint density at radius 2 is 2.03 bits per heavy atom. The second-order valence-electron chi connectivity index (χ2n) is 8.21. The van der Waals surface area contributed by atoms with Crippen LogP contribution in [0.15, 0.2) is 35.1 Å². The second-order valence-corrected chi connectivity index (χ2v) is 8.21. The molecule has 2 amide bonds. The average molecular weight is 414 g/mol. The van der Waals surface area contributed by atoms with Crippen LogP contribution in [-0.2, 0) is 17.7 Å². The van der Waals surface area contributed by atoms with E-state index in [2.05, 4.69) is 22.5 Å². The quantitative estimate of drug-likeness (QED) is 0.719. The smallest absolute Gasteiger partial charge is 0.346 e. The molecular formula is C22H31N5O3. The lowest BCUT2D eigenvalue weighted by Crippen LogP contribution is -2.46. The van der Waals surface area contributed by atoms with Crippen LogP contribution in [0.2, 0.25) is 0 Å². The number of carbonyl (C=O) groups is 1. The van der Waals surface area contributed by atoms with Gasteiger partial charge < -0.3 is 15.0 Å². The zero-order valence-electron chi connectivity index (χ0n) is 17.6. The number of hydrogen-bond donors (Lipinski definition) is 1. The van der Waals surface area contributed by atoms with Crippen LogP contribution in [-0.4, -0.2) is 58.6 Å². The van der Waals surface area contributed by atoms with Crippen molar-refractivity contribution >= 4 is 6.03 Å². The molecule has 2 fully saturated rings. The molecule has 30 heavy (non-hydrogen) atoms. The Bertz CT molecular complexity index is 903. The van der Waals surface area contributed by atoms with Crippen molar-refractivity contribution in [3.63, 3.8) is 0 Å². The highest BCUT2D eigenvalue weighted by molar-refractivity contribution is 5.74. The highest BCUT2D eigenvalue weighted by Crippen LogP contribution is 2.37. The molecule has 1 saturated carbocycles. The minimum Gasteiger partial charge on any atom is -0.383 e.